The Kier molecular flexibility index (Phi) is 4.71. The van der Waals surface area contributed by atoms with E-state index in [0.29, 0.717) is 0 Å². The van der Waals surface area contributed by atoms with Crippen molar-refractivity contribution in [2.24, 2.45) is 0 Å². The summed E-state index contributed by atoms with van der Waals surface area (Å²) in [4.78, 5) is 0.266. The number of rotatable bonds is 5. The molecule has 0 bridgehead atoms. The van der Waals surface area contributed by atoms with Crippen molar-refractivity contribution < 1.29 is 8.42 Å². The smallest absolute Gasteiger partial charge is 0.207 e. The van der Waals surface area contributed by atoms with E-state index < -0.39 is 10.0 Å². The Balaban J connectivity index is 3.22. The lowest BCUT2D eigenvalue weighted by Crippen LogP contribution is -2.31. The van der Waals surface area contributed by atoms with Crippen molar-refractivity contribution >= 4 is 10.0 Å². The predicted molar refractivity (Wildman–Crippen MR) is 73.7 cm³/mol. The van der Waals surface area contributed by atoms with Crippen molar-refractivity contribution in [1.82, 2.24) is 4.31 Å². The van der Waals surface area contributed by atoms with Crippen molar-refractivity contribution in [3.8, 4) is 12.3 Å². The van der Waals surface area contributed by atoms with Crippen molar-refractivity contribution in [3.63, 3.8) is 0 Å². The molecule has 0 aliphatic heterocycles. The molecule has 0 heterocycles. The number of nitrogens with zero attached hydrogens (tertiary/aromatic N) is 1. The Morgan fingerprint density at radius 3 is 2.56 bits per heavy atom. The number of sulfonamides is 1. The summed E-state index contributed by atoms with van der Waals surface area (Å²) in [5, 5.41) is 0. The number of hydrogen-bond acceptors (Lipinski definition) is 2. The summed E-state index contributed by atoms with van der Waals surface area (Å²) in [6.45, 7) is 7.62. The second kappa shape index (κ2) is 5.85. The molecule has 1 aromatic rings. The van der Waals surface area contributed by atoms with Gasteiger partial charge in [0.15, 0.2) is 0 Å². The van der Waals surface area contributed by atoms with Crippen LogP contribution in [0, 0.1) is 26.2 Å². The number of aryl methyl sites for hydroxylation is 2. The largest absolute Gasteiger partial charge is 0.244 e. The van der Waals surface area contributed by atoms with E-state index in [0.717, 1.165) is 11.1 Å². The molecule has 1 rings (SSSR count). The molecule has 0 aliphatic carbocycles. The molecule has 18 heavy (non-hydrogen) atoms. The molecule has 0 N–H and O–H groups in total. The Hall–Kier alpha value is -1.57. The van der Waals surface area contributed by atoms with Crippen LogP contribution in [-0.2, 0) is 10.0 Å². The maximum Gasteiger partial charge on any atom is 0.244 e. The Morgan fingerprint density at radius 2 is 2.06 bits per heavy atom. The van der Waals surface area contributed by atoms with Gasteiger partial charge in [0.05, 0.1) is 11.4 Å². The van der Waals surface area contributed by atoms with Gasteiger partial charge in [0, 0.05) is 6.54 Å². The minimum absolute atomic E-state index is 0.0429. The summed E-state index contributed by atoms with van der Waals surface area (Å²) in [6, 6.07) is 5.06. The van der Waals surface area contributed by atoms with Crippen LogP contribution < -0.4 is 0 Å². The molecule has 1 aromatic carbocycles. The monoisotopic (exact) mass is 263 g/mol. The zero-order valence-corrected chi connectivity index (χ0v) is 11.5. The van der Waals surface area contributed by atoms with Crippen LogP contribution in [-0.4, -0.2) is 25.8 Å². The van der Waals surface area contributed by atoms with E-state index in [1.165, 1.54) is 10.4 Å². The van der Waals surface area contributed by atoms with Crippen LogP contribution in [0.5, 0.6) is 0 Å². The summed E-state index contributed by atoms with van der Waals surface area (Å²) in [7, 11) is -3.55. The van der Waals surface area contributed by atoms with Gasteiger partial charge in [-0.1, -0.05) is 18.1 Å². The topological polar surface area (TPSA) is 37.4 Å². The number of hydrogen-bond donors (Lipinski definition) is 0. The maximum absolute atomic E-state index is 12.4. The second-order valence-corrected chi connectivity index (χ2v) is 5.97. The molecule has 0 atom stereocenters. The van der Waals surface area contributed by atoms with E-state index in [9.17, 15) is 8.42 Å². The van der Waals surface area contributed by atoms with E-state index in [2.05, 4.69) is 12.5 Å². The minimum atomic E-state index is -3.55. The standard InChI is InChI=1S/C14H17NO2S/c1-5-9-15(10-6-2)18(16,17)14-8-7-12(3)13(4)11-14/h1,6-8,11H,2,9-10H2,3-4H3. The third-order valence-corrected chi connectivity index (χ3v) is 4.52. The summed E-state index contributed by atoms with van der Waals surface area (Å²) < 4.78 is 25.9. The lowest BCUT2D eigenvalue weighted by molar-refractivity contribution is 0.478. The fraction of sp³-hybridized carbons (Fsp3) is 0.286. The second-order valence-electron chi connectivity index (χ2n) is 4.04. The molecule has 0 aromatic heterocycles. The summed E-state index contributed by atoms with van der Waals surface area (Å²) in [6.07, 6.45) is 6.72. The van der Waals surface area contributed by atoms with Gasteiger partial charge in [-0.15, -0.1) is 13.0 Å². The van der Waals surface area contributed by atoms with Crippen molar-refractivity contribution in [1.29, 1.82) is 0 Å². The van der Waals surface area contributed by atoms with Gasteiger partial charge < -0.3 is 0 Å². The molecular weight excluding hydrogens is 246 g/mol. The molecule has 4 heteroatoms. The van der Waals surface area contributed by atoms with Gasteiger partial charge in [0.2, 0.25) is 10.0 Å². The van der Waals surface area contributed by atoms with Crippen LogP contribution in [0.2, 0.25) is 0 Å². The van der Waals surface area contributed by atoms with Crippen LogP contribution in [0.3, 0.4) is 0 Å². The average Bonchev–Trinajstić information content (AvgIpc) is 2.32. The van der Waals surface area contributed by atoms with Gasteiger partial charge in [0.25, 0.3) is 0 Å². The highest BCUT2D eigenvalue weighted by Crippen LogP contribution is 2.18. The zero-order valence-electron chi connectivity index (χ0n) is 10.7. The summed E-state index contributed by atoms with van der Waals surface area (Å²) in [5.41, 5.74) is 2.00. The third-order valence-electron chi connectivity index (χ3n) is 2.72. The van der Waals surface area contributed by atoms with E-state index in [4.69, 9.17) is 6.42 Å². The maximum atomic E-state index is 12.4. The Morgan fingerprint density at radius 1 is 1.39 bits per heavy atom. The Labute approximate surface area is 109 Å². The van der Waals surface area contributed by atoms with Gasteiger partial charge in [-0.3, -0.25) is 0 Å². The van der Waals surface area contributed by atoms with Crippen LogP contribution in [0.4, 0.5) is 0 Å². The molecule has 0 amide bonds. The van der Waals surface area contributed by atoms with Gasteiger partial charge in [-0.25, -0.2) is 8.42 Å². The first-order valence-electron chi connectivity index (χ1n) is 5.55. The van der Waals surface area contributed by atoms with Gasteiger partial charge in [-0.05, 0) is 37.1 Å². The lowest BCUT2D eigenvalue weighted by Gasteiger charge is -2.18. The van der Waals surface area contributed by atoms with Gasteiger partial charge >= 0.3 is 0 Å². The zero-order chi connectivity index (χ0) is 13.8. The Bertz CT molecular complexity index is 582. The van der Waals surface area contributed by atoms with Crippen LogP contribution in [0.15, 0.2) is 35.7 Å². The first-order chi connectivity index (χ1) is 8.43. The SMILES string of the molecule is C#CCN(CC=C)S(=O)(=O)c1ccc(C)c(C)c1. The first kappa shape index (κ1) is 14.5. The quantitative estimate of drug-likeness (QED) is 0.603. The van der Waals surface area contributed by atoms with E-state index in [1.54, 1.807) is 18.2 Å². The lowest BCUT2D eigenvalue weighted by atomic mass is 10.1. The van der Waals surface area contributed by atoms with Gasteiger partial charge in [-0.2, -0.15) is 4.31 Å². The fourth-order valence-electron chi connectivity index (χ4n) is 1.52. The molecule has 3 nitrogen and oxygen atoms in total. The molecule has 0 radical (unpaired) electrons. The van der Waals surface area contributed by atoms with Crippen LogP contribution in [0.25, 0.3) is 0 Å². The van der Waals surface area contributed by atoms with Crippen LogP contribution >= 0.6 is 0 Å². The highest BCUT2D eigenvalue weighted by atomic mass is 32.2. The predicted octanol–water partition coefficient (Wildman–Crippen LogP) is 2.11. The molecular formula is C14H17NO2S. The van der Waals surface area contributed by atoms with Crippen molar-refractivity contribution in [3.05, 3.63) is 42.0 Å². The van der Waals surface area contributed by atoms with Crippen molar-refractivity contribution in [2.45, 2.75) is 18.7 Å². The highest BCUT2D eigenvalue weighted by molar-refractivity contribution is 7.89. The van der Waals surface area contributed by atoms with Crippen LogP contribution in [0.1, 0.15) is 11.1 Å². The number of terminal acetylenes is 1. The van der Waals surface area contributed by atoms with Crippen molar-refractivity contribution in [2.75, 3.05) is 13.1 Å². The summed E-state index contributed by atoms with van der Waals surface area (Å²) in [5.74, 6) is 2.35. The molecule has 96 valence electrons. The van der Waals surface area contributed by atoms with E-state index >= 15 is 0 Å². The number of benzene rings is 1. The van der Waals surface area contributed by atoms with E-state index in [-0.39, 0.29) is 18.0 Å². The minimum Gasteiger partial charge on any atom is -0.207 e. The first-order valence-corrected chi connectivity index (χ1v) is 6.99. The average molecular weight is 263 g/mol. The fourth-order valence-corrected chi connectivity index (χ4v) is 2.93. The molecule has 0 fully saturated rings. The molecule has 0 saturated carbocycles. The highest BCUT2D eigenvalue weighted by Gasteiger charge is 2.22. The van der Waals surface area contributed by atoms with E-state index in [1.807, 2.05) is 13.8 Å². The third kappa shape index (κ3) is 3.00. The molecule has 0 unspecified atom stereocenters. The normalized spacial score (nSPS) is 11.2. The molecule has 0 spiro atoms. The molecule has 0 saturated heterocycles. The summed E-state index contributed by atoms with van der Waals surface area (Å²) >= 11 is 0. The molecule has 0 aliphatic rings. The van der Waals surface area contributed by atoms with Gasteiger partial charge in [0.1, 0.15) is 0 Å².